The predicted octanol–water partition coefficient (Wildman–Crippen LogP) is 2.35. The van der Waals surface area contributed by atoms with Crippen LogP contribution in [0, 0.1) is 0 Å². The molecule has 1 aliphatic heterocycles. The first kappa shape index (κ1) is 16.4. The lowest BCUT2D eigenvalue weighted by Gasteiger charge is -2.10. The van der Waals surface area contributed by atoms with Gasteiger partial charge in [0.15, 0.2) is 15.3 Å². The van der Waals surface area contributed by atoms with E-state index < -0.39 is 10.0 Å². The fourth-order valence-corrected chi connectivity index (χ4v) is 5.12. The molecule has 11 heteroatoms. The first-order valence-corrected chi connectivity index (χ1v) is 9.25. The second-order valence-corrected chi connectivity index (χ2v) is 7.70. The minimum Gasteiger partial charge on any atom is -0.306 e. The quantitative estimate of drug-likeness (QED) is 0.740. The van der Waals surface area contributed by atoms with Crippen LogP contribution in [-0.2, 0) is 16.6 Å². The minimum absolute atomic E-state index is 0. The Balaban J connectivity index is 0.00000156. The van der Waals surface area contributed by atoms with Crippen LogP contribution in [-0.4, -0.2) is 33.6 Å². The van der Waals surface area contributed by atoms with Gasteiger partial charge in [-0.15, -0.1) is 12.4 Å². The first-order chi connectivity index (χ1) is 10.6. The molecule has 1 N–H and O–H groups in total. The van der Waals surface area contributed by atoms with Gasteiger partial charge in [-0.25, -0.2) is 4.98 Å². The molecular weight excluding hydrogens is 381 g/mol. The summed E-state index contributed by atoms with van der Waals surface area (Å²) in [5, 5.41) is 5.48. The molecule has 0 aliphatic carbocycles. The Labute approximate surface area is 147 Å². The number of aromatic nitrogens is 4. The van der Waals surface area contributed by atoms with Crippen LogP contribution in [0.15, 0.2) is 40.6 Å². The molecule has 0 amide bonds. The number of benzene rings is 1. The smallest absolute Gasteiger partial charge is 0.295 e. The third-order valence-corrected chi connectivity index (χ3v) is 6.00. The summed E-state index contributed by atoms with van der Waals surface area (Å²) in [6.07, 6.45) is 1.59. The predicted molar refractivity (Wildman–Crippen MR) is 91.5 cm³/mol. The highest BCUT2D eigenvalue weighted by Crippen LogP contribution is 2.33. The number of nitrogens with zero attached hydrogens (tertiary/aromatic N) is 4. The van der Waals surface area contributed by atoms with E-state index in [1.807, 2.05) is 18.2 Å². The van der Waals surface area contributed by atoms with Crippen molar-refractivity contribution in [1.82, 2.24) is 19.4 Å². The third kappa shape index (κ3) is 2.67. The summed E-state index contributed by atoms with van der Waals surface area (Å²) in [6, 6.07) is 7.31. The summed E-state index contributed by atoms with van der Waals surface area (Å²) in [7, 11) is -3.88. The minimum atomic E-state index is -3.88. The van der Waals surface area contributed by atoms with E-state index in [0.29, 0.717) is 17.2 Å². The zero-order valence-electron chi connectivity index (χ0n) is 11.5. The fraction of sp³-hybridized carbons (Fsp3) is 0.167. The molecule has 0 atom stereocenters. The molecule has 4 rings (SSSR count). The molecular formula is C12H11Cl2N5O2S2. The highest BCUT2D eigenvalue weighted by molar-refractivity contribution is 7.99. The number of nitrogens with one attached hydrogen (secondary N) is 1. The molecule has 1 aliphatic rings. The molecule has 0 saturated carbocycles. The summed E-state index contributed by atoms with van der Waals surface area (Å²) in [4.78, 5) is 7.75. The number of para-hydroxylation sites is 1. The number of sulfonamides is 1. The van der Waals surface area contributed by atoms with Gasteiger partial charge in [0, 0.05) is 17.7 Å². The molecule has 0 spiro atoms. The molecule has 0 saturated heterocycles. The van der Waals surface area contributed by atoms with Gasteiger partial charge in [-0.1, -0.05) is 41.6 Å². The van der Waals surface area contributed by atoms with E-state index in [1.165, 1.54) is 16.6 Å². The van der Waals surface area contributed by atoms with Gasteiger partial charge in [-0.3, -0.25) is 0 Å². The van der Waals surface area contributed by atoms with Gasteiger partial charge in [0.1, 0.15) is 0 Å². The Kier molecular flexibility index (Phi) is 4.21. The van der Waals surface area contributed by atoms with Gasteiger partial charge < -0.3 is 4.57 Å². The number of rotatable bonds is 3. The maximum absolute atomic E-state index is 12.7. The van der Waals surface area contributed by atoms with Crippen molar-refractivity contribution in [2.24, 2.45) is 0 Å². The van der Waals surface area contributed by atoms with E-state index >= 15 is 0 Å². The van der Waals surface area contributed by atoms with Crippen molar-refractivity contribution in [1.29, 1.82) is 0 Å². The topological polar surface area (TPSA) is 81.8 Å². The largest absolute Gasteiger partial charge is 0.306 e. The van der Waals surface area contributed by atoms with Crippen molar-refractivity contribution >= 4 is 56.7 Å². The highest BCUT2D eigenvalue weighted by atomic mass is 35.5. The van der Waals surface area contributed by atoms with E-state index in [9.17, 15) is 8.42 Å². The fourth-order valence-electron chi connectivity index (χ4n) is 2.38. The van der Waals surface area contributed by atoms with Crippen LogP contribution < -0.4 is 4.83 Å². The first-order valence-electron chi connectivity index (χ1n) is 6.41. The van der Waals surface area contributed by atoms with Crippen molar-refractivity contribution in [3.63, 3.8) is 0 Å². The zero-order valence-corrected chi connectivity index (χ0v) is 14.7. The molecule has 122 valence electrons. The molecule has 7 nitrogen and oxygen atoms in total. The second kappa shape index (κ2) is 5.90. The number of fused-ring (bicyclic) bond motifs is 2. The van der Waals surface area contributed by atoms with Crippen molar-refractivity contribution in [2.75, 3.05) is 10.6 Å². The zero-order chi connectivity index (χ0) is 15.3. The van der Waals surface area contributed by atoms with Gasteiger partial charge in [0.25, 0.3) is 10.0 Å². The Hall–Kier alpha value is -1.42. The summed E-state index contributed by atoms with van der Waals surface area (Å²) >= 11 is 7.49. The molecule has 1 aromatic carbocycles. The Morgan fingerprint density at radius 1 is 1.30 bits per heavy atom. The lowest BCUT2D eigenvalue weighted by molar-refractivity contribution is 0.570. The number of hydrogen-bond donors (Lipinski definition) is 1. The van der Waals surface area contributed by atoms with Gasteiger partial charge >= 0.3 is 0 Å². The van der Waals surface area contributed by atoms with Crippen LogP contribution in [0.4, 0.5) is 0 Å². The molecule has 23 heavy (non-hydrogen) atoms. The lowest BCUT2D eigenvalue weighted by atomic mass is 10.3. The average molecular weight is 392 g/mol. The number of hydrogen-bond acceptors (Lipinski definition) is 5. The van der Waals surface area contributed by atoms with Crippen molar-refractivity contribution < 1.29 is 8.42 Å². The van der Waals surface area contributed by atoms with E-state index in [2.05, 4.69) is 14.9 Å². The molecule has 3 aromatic rings. The second-order valence-electron chi connectivity index (χ2n) is 4.70. The maximum atomic E-state index is 12.7. The Morgan fingerprint density at radius 3 is 2.91 bits per heavy atom. The van der Waals surface area contributed by atoms with Gasteiger partial charge in [0.05, 0.1) is 11.7 Å². The highest BCUT2D eigenvalue weighted by Gasteiger charge is 2.30. The van der Waals surface area contributed by atoms with Crippen LogP contribution in [0.3, 0.4) is 0 Å². The van der Waals surface area contributed by atoms with E-state index in [0.717, 1.165) is 11.1 Å². The van der Waals surface area contributed by atoms with E-state index in [1.54, 1.807) is 16.8 Å². The summed E-state index contributed by atoms with van der Waals surface area (Å²) in [6.45, 7) is 0.565. The summed E-state index contributed by atoms with van der Waals surface area (Å²) in [5.74, 6) is 0.784. The third-order valence-electron chi connectivity index (χ3n) is 3.33. The summed E-state index contributed by atoms with van der Waals surface area (Å²) in [5.41, 5.74) is 0.665. The van der Waals surface area contributed by atoms with Crippen LogP contribution >= 0.6 is 35.8 Å². The van der Waals surface area contributed by atoms with Crippen LogP contribution in [0.25, 0.3) is 10.9 Å². The van der Waals surface area contributed by atoms with Crippen molar-refractivity contribution in [3.8, 4) is 0 Å². The SMILES string of the molecule is Cl.O=S(=O)(Nn1ncc2ccccc21)c1c(Cl)nc2n1CCS2. The van der Waals surface area contributed by atoms with Crippen molar-refractivity contribution in [3.05, 3.63) is 35.6 Å². The molecule has 0 unspecified atom stereocenters. The van der Waals surface area contributed by atoms with Gasteiger partial charge in [-0.2, -0.15) is 23.1 Å². The van der Waals surface area contributed by atoms with Crippen molar-refractivity contribution in [2.45, 2.75) is 16.7 Å². The molecule has 3 heterocycles. The van der Waals surface area contributed by atoms with Gasteiger partial charge in [-0.05, 0) is 6.07 Å². The standard InChI is InChI=1S/C12H10ClN5O2S2.ClH/c13-10-11(17-5-6-21-12(17)15-10)22(19,20)16-18-9-4-2-1-3-8(9)7-14-18;/h1-4,7,16H,5-6H2;1H. The number of halogens is 2. The lowest BCUT2D eigenvalue weighted by Crippen LogP contribution is -2.26. The van der Waals surface area contributed by atoms with Crippen LogP contribution in [0.5, 0.6) is 0 Å². The van der Waals surface area contributed by atoms with E-state index in [-0.39, 0.29) is 22.6 Å². The molecule has 0 fully saturated rings. The monoisotopic (exact) mass is 391 g/mol. The van der Waals surface area contributed by atoms with E-state index in [4.69, 9.17) is 11.6 Å². The normalized spacial score (nSPS) is 13.8. The molecule has 0 radical (unpaired) electrons. The molecule has 2 aromatic heterocycles. The van der Waals surface area contributed by atoms with Crippen LogP contribution in [0.1, 0.15) is 0 Å². The maximum Gasteiger partial charge on any atom is 0.295 e. The van der Waals surface area contributed by atoms with Crippen LogP contribution in [0.2, 0.25) is 5.15 Å². The summed E-state index contributed by atoms with van der Waals surface area (Å²) < 4.78 is 26.9. The Bertz CT molecular complexity index is 983. The van der Waals surface area contributed by atoms with Gasteiger partial charge in [0.2, 0.25) is 0 Å². The number of imidazole rings is 1. The average Bonchev–Trinajstić information content (AvgIpc) is 3.13. The molecule has 0 bridgehead atoms. The number of thioether (sulfide) groups is 1. The Morgan fingerprint density at radius 2 is 2.09 bits per heavy atom.